The number of anilines is 1. The first-order valence-electron chi connectivity index (χ1n) is 7.04. The SMILES string of the molecule is CCCC1CCCCN1c1cccc(Br)c1C(=N)N. The van der Waals surface area contributed by atoms with Crippen LogP contribution < -0.4 is 10.6 Å². The van der Waals surface area contributed by atoms with E-state index in [1.807, 2.05) is 12.1 Å². The quantitative estimate of drug-likeness (QED) is 0.652. The van der Waals surface area contributed by atoms with Crippen LogP contribution in [0.1, 0.15) is 44.6 Å². The molecule has 1 aliphatic heterocycles. The van der Waals surface area contributed by atoms with E-state index in [0.29, 0.717) is 6.04 Å². The highest BCUT2D eigenvalue weighted by Gasteiger charge is 2.25. The molecule has 1 saturated heterocycles. The lowest BCUT2D eigenvalue weighted by molar-refractivity contribution is 0.434. The highest BCUT2D eigenvalue weighted by Crippen LogP contribution is 2.33. The number of hydrogen-bond donors (Lipinski definition) is 2. The summed E-state index contributed by atoms with van der Waals surface area (Å²) in [5, 5.41) is 7.82. The van der Waals surface area contributed by atoms with Gasteiger partial charge in [-0.25, -0.2) is 0 Å². The Morgan fingerprint density at radius 2 is 2.26 bits per heavy atom. The molecule has 0 amide bonds. The number of nitrogens with zero attached hydrogens (tertiary/aromatic N) is 1. The van der Waals surface area contributed by atoms with Crippen LogP contribution in [0.25, 0.3) is 0 Å². The maximum Gasteiger partial charge on any atom is 0.126 e. The van der Waals surface area contributed by atoms with Gasteiger partial charge in [-0.3, -0.25) is 5.41 Å². The molecule has 0 spiro atoms. The fourth-order valence-corrected chi connectivity index (χ4v) is 3.54. The fraction of sp³-hybridized carbons (Fsp3) is 0.533. The third kappa shape index (κ3) is 3.11. The molecule has 1 unspecified atom stereocenters. The number of hydrogen-bond acceptors (Lipinski definition) is 2. The predicted molar refractivity (Wildman–Crippen MR) is 85.1 cm³/mol. The summed E-state index contributed by atoms with van der Waals surface area (Å²) in [5.41, 5.74) is 7.72. The molecule has 0 radical (unpaired) electrons. The van der Waals surface area contributed by atoms with Gasteiger partial charge in [0, 0.05) is 22.7 Å². The maximum atomic E-state index is 7.82. The maximum absolute atomic E-state index is 7.82. The summed E-state index contributed by atoms with van der Waals surface area (Å²) >= 11 is 3.53. The third-order valence-corrected chi connectivity index (χ3v) is 4.48. The van der Waals surface area contributed by atoms with Crippen LogP contribution in [0.3, 0.4) is 0 Å². The van der Waals surface area contributed by atoms with Crippen LogP contribution in [0.2, 0.25) is 0 Å². The predicted octanol–water partition coefficient (Wildman–Crippen LogP) is 3.89. The molecule has 1 atom stereocenters. The molecule has 2 rings (SSSR count). The summed E-state index contributed by atoms with van der Waals surface area (Å²) in [4.78, 5) is 2.45. The summed E-state index contributed by atoms with van der Waals surface area (Å²) in [6, 6.07) is 6.67. The highest BCUT2D eigenvalue weighted by atomic mass is 79.9. The van der Waals surface area contributed by atoms with Gasteiger partial charge < -0.3 is 10.6 Å². The summed E-state index contributed by atoms with van der Waals surface area (Å²) in [6.45, 7) is 3.31. The normalized spacial score (nSPS) is 19.5. The van der Waals surface area contributed by atoms with Crippen molar-refractivity contribution in [1.29, 1.82) is 5.41 Å². The Morgan fingerprint density at radius 1 is 1.47 bits per heavy atom. The number of nitrogens with one attached hydrogen (secondary N) is 1. The van der Waals surface area contributed by atoms with Crippen molar-refractivity contribution in [3.8, 4) is 0 Å². The highest BCUT2D eigenvalue weighted by molar-refractivity contribution is 9.10. The van der Waals surface area contributed by atoms with E-state index >= 15 is 0 Å². The monoisotopic (exact) mass is 323 g/mol. The molecule has 0 aromatic heterocycles. The van der Waals surface area contributed by atoms with Gasteiger partial charge in [-0.15, -0.1) is 0 Å². The van der Waals surface area contributed by atoms with Gasteiger partial charge in [-0.1, -0.05) is 19.4 Å². The molecular formula is C15H22BrN3. The first-order valence-corrected chi connectivity index (χ1v) is 7.84. The summed E-state index contributed by atoms with van der Waals surface area (Å²) in [7, 11) is 0. The van der Waals surface area contributed by atoms with Crippen LogP contribution in [0, 0.1) is 5.41 Å². The second kappa shape index (κ2) is 6.42. The average molecular weight is 324 g/mol. The zero-order valence-corrected chi connectivity index (χ0v) is 13.0. The van der Waals surface area contributed by atoms with Crippen LogP contribution in [-0.4, -0.2) is 18.4 Å². The van der Waals surface area contributed by atoms with Gasteiger partial charge in [-0.2, -0.15) is 0 Å². The smallest absolute Gasteiger partial charge is 0.126 e. The Morgan fingerprint density at radius 3 is 2.95 bits per heavy atom. The first kappa shape index (κ1) is 14.4. The topological polar surface area (TPSA) is 53.1 Å². The molecule has 1 fully saturated rings. The molecular weight excluding hydrogens is 302 g/mol. The van der Waals surface area contributed by atoms with Crippen molar-refractivity contribution < 1.29 is 0 Å². The average Bonchev–Trinajstić information content (AvgIpc) is 2.39. The molecule has 1 aliphatic rings. The van der Waals surface area contributed by atoms with Crippen molar-refractivity contribution in [3.63, 3.8) is 0 Å². The Hall–Kier alpha value is -1.03. The molecule has 1 aromatic carbocycles. The molecule has 104 valence electrons. The zero-order chi connectivity index (χ0) is 13.8. The van der Waals surface area contributed by atoms with Crippen LogP contribution in [0.15, 0.2) is 22.7 Å². The number of piperidine rings is 1. The van der Waals surface area contributed by atoms with E-state index in [-0.39, 0.29) is 5.84 Å². The van der Waals surface area contributed by atoms with Crippen LogP contribution in [0.4, 0.5) is 5.69 Å². The Kier molecular flexibility index (Phi) is 4.86. The zero-order valence-electron chi connectivity index (χ0n) is 11.5. The Labute approximate surface area is 123 Å². The van der Waals surface area contributed by atoms with Crippen LogP contribution >= 0.6 is 15.9 Å². The van der Waals surface area contributed by atoms with Gasteiger partial charge in [0.1, 0.15) is 5.84 Å². The largest absolute Gasteiger partial charge is 0.384 e. The van der Waals surface area contributed by atoms with Crippen LogP contribution in [0.5, 0.6) is 0 Å². The van der Waals surface area contributed by atoms with E-state index in [1.54, 1.807) is 0 Å². The Bertz CT molecular complexity index is 457. The van der Waals surface area contributed by atoms with Crippen molar-refractivity contribution in [2.24, 2.45) is 5.73 Å². The second-order valence-electron chi connectivity index (χ2n) is 5.18. The van der Waals surface area contributed by atoms with E-state index in [4.69, 9.17) is 11.1 Å². The number of amidine groups is 1. The third-order valence-electron chi connectivity index (χ3n) is 3.82. The van der Waals surface area contributed by atoms with Gasteiger partial charge in [0.15, 0.2) is 0 Å². The van der Waals surface area contributed by atoms with Crippen molar-refractivity contribution in [2.45, 2.75) is 45.1 Å². The lowest BCUT2D eigenvalue weighted by Crippen LogP contribution is -2.40. The van der Waals surface area contributed by atoms with Crippen molar-refractivity contribution >= 4 is 27.5 Å². The van der Waals surface area contributed by atoms with E-state index in [2.05, 4.69) is 33.8 Å². The molecule has 0 bridgehead atoms. The van der Waals surface area contributed by atoms with Gasteiger partial charge in [0.05, 0.1) is 5.56 Å². The van der Waals surface area contributed by atoms with Gasteiger partial charge in [0.25, 0.3) is 0 Å². The first-order chi connectivity index (χ1) is 9.15. The fourth-order valence-electron chi connectivity index (χ4n) is 2.97. The van der Waals surface area contributed by atoms with Crippen molar-refractivity contribution in [3.05, 3.63) is 28.2 Å². The van der Waals surface area contributed by atoms with Crippen molar-refractivity contribution in [2.75, 3.05) is 11.4 Å². The number of benzene rings is 1. The molecule has 1 aromatic rings. The number of nitrogen functional groups attached to an aromatic ring is 1. The van der Waals surface area contributed by atoms with E-state index in [9.17, 15) is 0 Å². The molecule has 1 heterocycles. The molecule has 3 nitrogen and oxygen atoms in total. The van der Waals surface area contributed by atoms with Gasteiger partial charge >= 0.3 is 0 Å². The Balaban J connectivity index is 2.38. The molecule has 3 N–H and O–H groups in total. The van der Waals surface area contributed by atoms with E-state index in [0.717, 1.165) is 22.3 Å². The molecule has 0 saturated carbocycles. The van der Waals surface area contributed by atoms with Gasteiger partial charge in [0.2, 0.25) is 0 Å². The number of rotatable bonds is 4. The lowest BCUT2D eigenvalue weighted by Gasteiger charge is -2.38. The second-order valence-corrected chi connectivity index (χ2v) is 6.03. The number of halogens is 1. The van der Waals surface area contributed by atoms with E-state index in [1.165, 1.54) is 32.1 Å². The minimum atomic E-state index is 0.142. The van der Waals surface area contributed by atoms with Gasteiger partial charge in [-0.05, 0) is 53.7 Å². The summed E-state index contributed by atoms with van der Waals surface area (Å²) in [5.74, 6) is 0.142. The van der Waals surface area contributed by atoms with E-state index < -0.39 is 0 Å². The molecule has 0 aliphatic carbocycles. The minimum Gasteiger partial charge on any atom is -0.384 e. The molecule has 19 heavy (non-hydrogen) atoms. The minimum absolute atomic E-state index is 0.142. The molecule has 4 heteroatoms. The standard InChI is InChI=1S/C15H22BrN3/c1-2-6-11-7-3-4-10-19(11)13-9-5-8-12(16)14(13)15(17)18/h5,8-9,11H,2-4,6-7,10H2,1H3,(H3,17,18). The summed E-state index contributed by atoms with van der Waals surface area (Å²) in [6.07, 6.45) is 6.20. The summed E-state index contributed by atoms with van der Waals surface area (Å²) < 4.78 is 0.915. The number of nitrogens with two attached hydrogens (primary N) is 1. The van der Waals surface area contributed by atoms with Crippen molar-refractivity contribution in [1.82, 2.24) is 0 Å². The lowest BCUT2D eigenvalue weighted by atomic mass is 9.96. The van der Waals surface area contributed by atoms with Crippen LogP contribution in [-0.2, 0) is 0 Å².